The Morgan fingerprint density at radius 2 is 2.03 bits per heavy atom. The molecule has 1 amide bonds. The van der Waals surface area contributed by atoms with E-state index in [1.807, 2.05) is 24.3 Å². The quantitative estimate of drug-likeness (QED) is 0.702. The van der Waals surface area contributed by atoms with Crippen LogP contribution in [0.15, 0.2) is 42.9 Å². The monoisotopic (exact) mass is 391 g/mol. The molecule has 2 aliphatic rings. The number of aromatic nitrogens is 5. The number of hydrogen-bond acceptors (Lipinski definition) is 7. The number of pyridine rings is 1. The van der Waals surface area contributed by atoms with E-state index >= 15 is 0 Å². The molecule has 0 aromatic carbocycles. The van der Waals surface area contributed by atoms with Gasteiger partial charge in [0.2, 0.25) is 5.88 Å². The fourth-order valence-electron chi connectivity index (χ4n) is 3.61. The molecule has 3 aromatic rings. The number of hydrogen-bond donors (Lipinski definition) is 1. The van der Waals surface area contributed by atoms with Gasteiger partial charge in [0, 0.05) is 56.5 Å². The van der Waals surface area contributed by atoms with Crippen molar-refractivity contribution >= 4 is 11.7 Å². The average molecular weight is 391 g/mol. The average Bonchev–Trinajstić information content (AvgIpc) is 3.18. The van der Waals surface area contributed by atoms with E-state index in [2.05, 4.69) is 30.5 Å². The molecule has 0 atom stereocenters. The van der Waals surface area contributed by atoms with Crippen LogP contribution in [0.4, 0.5) is 5.82 Å². The van der Waals surface area contributed by atoms with Crippen molar-refractivity contribution in [1.82, 2.24) is 30.3 Å². The van der Waals surface area contributed by atoms with Gasteiger partial charge in [0.05, 0.1) is 18.5 Å². The SMILES string of the molecule is O=C(NCC1CN(c2ccc(-c3ccncc3)nn2)C1)c1cnn2c1OCCC2. The zero-order chi connectivity index (χ0) is 19.6. The van der Waals surface area contributed by atoms with Crippen molar-refractivity contribution in [2.24, 2.45) is 5.92 Å². The minimum Gasteiger partial charge on any atom is -0.477 e. The molecule has 2 aliphatic heterocycles. The summed E-state index contributed by atoms with van der Waals surface area (Å²) in [6.45, 7) is 3.71. The van der Waals surface area contributed by atoms with E-state index < -0.39 is 0 Å². The van der Waals surface area contributed by atoms with Crippen LogP contribution < -0.4 is 15.0 Å². The highest BCUT2D eigenvalue weighted by molar-refractivity contribution is 5.96. The largest absolute Gasteiger partial charge is 0.477 e. The Labute approximate surface area is 167 Å². The first-order valence-corrected chi connectivity index (χ1v) is 9.74. The fourth-order valence-corrected chi connectivity index (χ4v) is 3.61. The standard InChI is InChI=1S/C20H21N7O2/c28-19(16-11-23-27-8-1-9-29-20(16)27)22-10-14-12-26(13-14)18-3-2-17(24-25-18)15-4-6-21-7-5-15/h2-7,11,14H,1,8-10,12-13H2,(H,22,28). The molecule has 0 radical (unpaired) electrons. The van der Waals surface area contributed by atoms with Crippen LogP contribution in [0.5, 0.6) is 5.88 Å². The summed E-state index contributed by atoms with van der Waals surface area (Å²) in [7, 11) is 0. The van der Waals surface area contributed by atoms with Crippen LogP contribution in [-0.2, 0) is 6.54 Å². The third-order valence-corrected chi connectivity index (χ3v) is 5.25. The minimum absolute atomic E-state index is 0.131. The Morgan fingerprint density at radius 3 is 2.83 bits per heavy atom. The van der Waals surface area contributed by atoms with Gasteiger partial charge in [-0.25, -0.2) is 4.68 Å². The zero-order valence-corrected chi connectivity index (χ0v) is 15.9. The third-order valence-electron chi connectivity index (χ3n) is 5.25. The molecule has 9 heteroatoms. The van der Waals surface area contributed by atoms with Crippen LogP contribution in [-0.4, -0.2) is 57.1 Å². The second kappa shape index (κ2) is 7.50. The molecule has 0 aliphatic carbocycles. The van der Waals surface area contributed by atoms with Crippen molar-refractivity contribution in [3.63, 3.8) is 0 Å². The van der Waals surface area contributed by atoms with Crippen LogP contribution in [0, 0.1) is 5.92 Å². The molecule has 0 spiro atoms. The smallest absolute Gasteiger partial charge is 0.258 e. The van der Waals surface area contributed by atoms with Gasteiger partial charge in [-0.3, -0.25) is 9.78 Å². The van der Waals surface area contributed by atoms with Gasteiger partial charge >= 0.3 is 0 Å². The van der Waals surface area contributed by atoms with Crippen molar-refractivity contribution in [2.75, 3.05) is 31.1 Å². The van der Waals surface area contributed by atoms with Crippen molar-refractivity contribution in [1.29, 1.82) is 0 Å². The van der Waals surface area contributed by atoms with E-state index in [0.29, 0.717) is 30.5 Å². The van der Waals surface area contributed by atoms with Gasteiger partial charge < -0.3 is 15.0 Å². The lowest BCUT2D eigenvalue weighted by molar-refractivity contribution is 0.0938. The lowest BCUT2D eigenvalue weighted by Crippen LogP contribution is -2.51. The van der Waals surface area contributed by atoms with E-state index in [-0.39, 0.29) is 5.91 Å². The molecule has 0 unspecified atom stereocenters. The number of anilines is 1. The molecule has 148 valence electrons. The Bertz CT molecular complexity index is 997. The van der Waals surface area contributed by atoms with Crippen molar-refractivity contribution < 1.29 is 9.53 Å². The van der Waals surface area contributed by atoms with Crippen molar-refractivity contribution in [3.8, 4) is 17.1 Å². The first-order chi connectivity index (χ1) is 14.3. The van der Waals surface area contributed by atoms with Crippen molar-refractivity contribution in [2.45, 2.75) is 13.0 Å². The predicted molar refractivity (Wildman–Crippen MR) is 106 cm³/mol. The predicted octanol–water partition coefficient (Wildman–Crippen LogP) is 1.38. The summed E-state index contributed by atoms with van der Waals surface area (Å²) >= 11 is 0. The topological polar surface area (TPSA) is 98.1 Å². The summed E-state index contributed by atoms with van der Waals surface area (Å²) in [5.41, 5.74) is 2.33. The number of carbonyl (C=O) groups excluding carboxylic acids is 1. The Kier molecular flexibility index (Phi) is 4.55. The molecular formula is C20H21N7O2. The zero-order valence-electron chi connectivity index (χ0n) is 15.9. The summed E-state index contributed by atoms with van der Waals surface area (Å²) in [6, 6.07) is 7.77. The van der Waals surface area contributed by atoms with Gasteiger partial charge in [-0.15, -0.1) is 10.2 Å². The van der Waals surface area contributed by atoms with Gasteiger partial charge in [-0.2, -0.15) is 5.10 Å². The maximum Gasteiger partial charge on any atom is 0.258 e. The summed E-state index contributed by atoms with van der Waals surface area (Å²) in [5.74, 6) is 1.68. The summed E-state index contributed by atoms with van der Waals surface area (Å²) < 4.78 is 7.34. The molecule has 1 saturated heterocycles. The van der Waals surface area contributed by atoms with E-state index in [1.165, 1.54) is 0 Å². The molecule has 1 fully saturated rings. The second-order valence-electron chi connectivity index (χ2n) is 7.28. The molecule has 1 N–H and O–H groups in total. The highest BCUT2D eigenvalue weighted by Gasteiger charge is 2.29. The number of carbonyl (C=O) groups is 1. The summed E-state index contributed by atoms with van der Waals surface area (Å²) in [5, 5.41) is 15.9. The Balaban J connectivity index is 1.13. The number of aryl methyl sites for hydroxylation is 1. The lowest BCUT2D eigenvalue weighted by Gasteiger charge is -2.39. The molecule has 0 bridgehead atoms. The maximum absolute atomic E-state index is 12.5. The highest BCUT2D eigenvalue weighted by Crippen LogP contribution is 2.25. The summed E-state index contributed by atoms with van der Waals surface area (Å²) in [4.78, 5) is 18.6. The van der Waals surface area contributed by atoms with E-state index in [0.717, 1.165) is 43.1 Å². The van der Waals surface area contributed by atoms with Crippen molar-refractivity contribution in [3.05, 3.63) is 48.4 Å². The van der Waals surface area contributed by atoms with E-state index in [1.54, 1.807) is 23.3 Å². The number of ether oxygens (including phenoxy) is 1. The van der Waals surface area contributed by atoms with Crippen LogP contribution >= 0.6 is 0 Å². The Morgan fingerprint density at radius 1 is 1.17 bits per heavy atom. The number of nitrogens with zero attached hydrogens (tertiary/aromatic N) is 6. The van der Waals surface area contributed by atoms with Crippen LogP contribution in [0.1, 0.15) is 16.8 Å². The maximum atomic E-state index is 12.5. The van der Waals surface area contributed by atoms with Gasteiger partial charge in [-0.1, -0.05) is 0 Å². The highest BCUT2D eigenvalue weighted by atomic mass is 16.5. The molecule has 3 aromatic heterocycles. The Hall–Kier alpha value is -3.49. The minimum atomic E-state index is -0.131. The normalized spacial score (nSPS) is 15.9. The number of amides is 1. The molecular weight excluding hydrogens is 370 g/mol. The van der Waals surface area contributed by atoms with Gasteiger partial charge in [0.15, 0.2) is 5.82 Å². The third kappa shape index (κ3) is 3.51. The number of nitrogens with one attached hydrogen (secondary N) is 1. The van der Waals surface area contributed by atoms with Crippen LogP contribution in [0.3, 0.4) is 0 Å². The second-order valence-corrected chi connectivity index (χ2v) is 7.28. The van der Waals surface area contributed by atoms with Crippen LogP contribution in [0.25, 0.3) is 11.3 Å². The first kappa shape index (κ1) is 17.6. The molecule has 5 rings (SSSR count). The number of rotatable bonds is 5. The molecule has 5 heterocycles. The van der Waals surface area contributed by atoms with Gasteiger partial charge in [0.1, 0.15) is 5.56 Å². The molecule has 29 heavy (non-hydrogen) atoms. The van der Waals surface area contributed by atoms with Crippen LogP contribution in [0.2, 0.25) is 0 Å². The van der Waals surface area contributed by atoms with Gasteiger partial charge in [-0.05, 0) is 24.3 Å². The van der Waals surface area contributed by atoms with E-state index in [4.69, 9.17) is 4.74 Å². The molecule has 9 nitrogen and oxygen atoms in total. The van der Waals surface area contributed by atoms with Gasteiger partial charge in [0.25, 0.3) is 5.91 Å². The first-order valence-electron chi connectivity index (χ1n) is 9.74. The fraction of sp³-hybridized carbons (Fsp3) is 0.350. The lowest BCUT2D eigenvalue weighted by atomic mass is 10.00. The molecule has 0 saturated carbocycles. The van der Waals surface area contributed by atoms with E-state index in [9.17, 15) is 4.79 Å². The number of fused-ring (bicyclic) bond motifs is 1. The summed E-state index contributed by atoms with van der Waals surface area (Å²) in [6.07, 6.45) is 5.99.